The highest BCUT2D eigenvalue weighted by atomic mass is 79.9. The molecule has 1 rings (SSSR count). The monoisotopic (exact) mass is 282 g/mol. The van der Waals surface area contributed by atoms with Gasteiger partial charge in [0, 0.05) is 10.5 Å². The number of rotatable bonds is 4. The topological polar surface area (TPSA) is 72.2 Å². The van der Waals surface area contributed by atoms with E-state index in [0.717, 1.165) is 10.0 Å². The second-order valence-corrected chi connectivity index (χ2v) is 3.99. The Balaban J connectivity index is 2.53. The lowest BCUT2D eigenvalue weighted by Crippen LogP contribution is -2.32. The normalized spacial score (nSPS) is 10.3. The van der Waals surface area contributed by atoms with E-state index in [1.54, 1.807) is 6.08 Å². The fourth-order valence-corrected chi connectivity index (χ4v) is 1.43. The van der Waals surface area contributed by atoms with Gasteiger partial charge in [-0.05, 0) is 23.8 Å². The van der Waals surface area contributed by atoms with Gasteiger partial charge in [-0.3, -0.25) is 9.59 Å². The number of benzene rings is 1. The molecular weight excluding hydrogens is 272 g/mol. The Morgan fingerprint density at radius 3 is 2.81 bits per heavy atom. The third-order valence-corrected chi connectivity index (χ3v) is 2.21. The number of nitrogens with one attached hydrogen (secondary N) is 1. The summed E-state index contributed by atoms with van der Waals surface area (Å²) in [6, 6.07) is 7.50. The Kier molecular flexibility index (Phi) is 4.72. The van der Waals surface area contributed by atoms with Crippen LogP contribution in [0.4, 0.5) is 0 Å². The van der Waals surface area contributed by atoms with Crippen LogP contribution in [-0.2, 0) is 9.59 Å². The number of carbonyl (C=O) groups excluding carboxylic acids is 2. The van der Waals surface area contributed by atoms with Crippen molar-refractivity contribution >= 4 is 33.8 Å². The van der Waals surface area contributed by atoms with Gasteiger partial charge in [-0.25, -0.2) is 0 Å². The maximum absolute atomic E-state index is 11.2. The molecule has 0 unspecified atom stereocenters. The summed E-state index contributed by atoms with van der Waals surface area (Å²) >= 11 is 3.32. The average Bonchev–Trinajstić information content (AvgIpc) is 2.23. The molecule has 0 saturated carbocycles. The standard InChI is InChI=1S/C11H11BrN2O2/c12-9-3-1-2-8(6-9)4-5-11(16)14-7-10(13)15/h1-6H,7H2,(H2,13,15)(H,14,16). The molecule has 0 bridgehead atoms. The number of hydrogen-bond donors (Lipinski definition) is 2. The first-order valence-electron chi connectivity index (χ1n) is 4.58. The average molecular weight is 283 g/mol. The van der Waals surface area contributed by atoms with Gasteiger partial charge in [0.15, 0.2) is 0 Å². The van der Waals surface area contributed by atoms with E-state index < -0.39 is 5.91 Å². The van der Waals surface area contributed by atoms with Crippen LogP contribution >= 0.6 is 15.9 Å². The van der Waals surface area contributed by atoms with Crippen LogP contribution < -0.4 is 11.1 Å². The molecule has 5 heteroatoms. The summed E-state index contributed by atoms with van der Waals surface area (Å²) in [7, 11) is 0. The van der Waals surface area contributed by atoms with Crippen LogP contribution in [0.2, 0.25) is 0 Å². The maximum Gasteiger partial charge on any atom is 0.244 e. The van der Waals surface area contributed by atoms with Gasteiger partial charge in [-0.1, -0.05) is 28.1 Å². The highest BCUT2D eigenvalue weighted by Crippen LogP contribution is 2.12. The zero-order chi connectivity index (χ0) is 12.0. The summed E-state index contributed by atoms with van der Waals surface area (Å²) in [5.74, 6) is -0.914. The lowest BCUT2D eigenvalue weighted by atomic mass is 10.2. The number of halogens is 1. The van der Waals surface area contributed by atoms with Gasteiger partial charge >= 0.3 is 0 Å². The number of carbonyl (C=O) groups is 2. The molecule has 0 aliphatic rings. The zero-order valence-corrected chi connectivity index (χ0v) is 10.0. The van der Waals surface area contributed by atoms with Crippen LogP contribution in [0.3, 0.4) is 0 Å². The van der Waals surface area contributed by atoms with Gasteiger partial charge < -0.3 is 11.1 Å². The molecule has 0 radical (unpaired) electrons. The van der Waals surface area contributed by atoms with Gasteiger partial charge in [0.05, 0.1) is 6.54 Å². The fraction of sp³-hybridized carbons (Fsp3) is 0.0909. The molecule has 0 spiro atoms. The van der Waals surface area contributed by atoms with Gasteiger partial charge in [-0.15, -0.1) is 0 Å². The Labute approximate surface area is 102 Å². The minimum Gasteiger partial charge on any atom is -0.368 e. The van der Waals surface area contributed by atoms with Crippen molar-refractivity contribution in [1.29, 1.82) is 0 Å². The first kappa shape index (κ1) is 12.4. The molecule has 0 fully saturated rings. The first-order valence-corrected chi connectivity index (χ1v) is 5.37. The van der Waals surface area contributed by atoms with Crippen molar-refractivity contribution in [2.45, 2.75) is 0 Å². The van der Waals surface area contributed by atoms with Gasteiger partial charge in [-0.2, -0.15) is 0 Å². The molecule has 84 valence electrons. The third-order valence-electron chi connectivity index (χ3n) is 1.71. The zero-order valence-electron chi connectivity index (χ0n) is 8.44. The Bertz CT molecular complexity index is 430. The second-order valence-electron chi connectivity index (χ2n) is 3.07. The van der Waals surface area contributed by atoms with Crippen molar-refractivity contribution in [3.63, 3.8) is 0 Å². The maximum atomic E-state index is 11.2. The molecule has 0 aliphatic carbocycles. The van der Waals surface area contributed by atoms with E-state index in [2.05, 4.69) is 21.2 Å². The summed E-state index contributed by atoms with van der Waals surface area (Å²) in [5.41, 5.74) is 5.78. The van der Waals surface area contributed by atoms with E-state index in [1.807, 2.05) is 24.3 Å². The predicted molar refractivity (Wildman–Crippen MR) is 65.4 cm³/mol. The van der Waals surface area contributed by atoms with Crippen molar-refractivity contribution in [3.8, 4) is 0 Å². The van der Waals surface area contributed by atoms with Crippen LogP contribution in [0, 0.1) is 0 Å². The Hall–Kier alpha value is -1.62. The number of primary amides is 1. The Morgan fingerprint density at radius 1 is 1.44 bits per heavy atom. The van der Waals surface area contributed by atoms with E-state index >= 15 is 0 Å². The summed E-state index contributed by atoms with van der Waals surface area (Å²) in [4.78, 5) is 21.6. The minimum atomic E-state index is -0.566. The molecule has 0 saturated heterocycles. The molecule has 3 N–H and O–H groups in total. The van der Waals surface area contributed by atoms with Crippen molar-refractivity contribution in [2.24, 2.45) is 5.73 Å². The van der Waals surface area contributed by atoms with E-state index in [9.17, 15) is 9.59 Å². The van der Waals surface area contributed by atoms with E-state index in [1.165, 1.54) is 6.08 Å². The van der Waals surface area contributed by atoms with E-state index in [-0.39, 0.29) is 12.5 Å². The SMILES string of the molecule is NC(=O)CNC(=O)C=Cc1cccc(Br)c1. The molecule has 2 amide bonds. The van der Waals surface area contributed by atoms with E-state index in [4.69, 9.17) is 5.73 Å². The molecule has 16 heavy (non-hydrogen) atoms. The lowest BCUT2D eigenvalue weighted by Gasteiger charge is -1.97. The smallest absolute Gasteiger partial charge is 0.244 e. The molecule has 1 aromatic carbocycles. The predicted octanol–water partition coefficient (Wildman–Crippen LogP) is 1.06. The van der Waals surface area contributed by atoms with Crippen molar-refractivity contribution in [2.75, 3.05) is 6.54 Å². The van der Waals surface area contributed by atoms with Crippen LogP contribution in [0.5, 0.6) is 0 Å². The summed E-state index contributed by atoms with van der Waals surface area (Å²) in [6.07, 6.45) is 3.01. The van der Waals surface area contributed by atoms with Gasteiger partial charge in [0.2, 0.25) is 11.8 Å². The van der Waals surface area contributed by atoms with Crippen LogP contribution in [0.1, 0.15) is 5.56 Å². The van der Waals surface area contributed by atoms with Gasteiger partial charge in [0.1, 0.15) is 0 Å². The second kappa shape index (κ2) is 6.07. The molecule has 0 heterocycles. The van der Waals surface area contributed by atoms with Crippen LogP contribution in [0.25, 0.3) is 6.08 Å². The molecule has 1 aromatic rings. The molecule has 4 nitrogen and oxygen atoms in total. The lowest BCUT2D eigenvalue weighted by molar-refractivity contribution is -0.122. The summed E-state index contributed by atoms with van der Waals surface area (Å²) in [5, 5.41) is 2.35. The quantitative estimate of drug-likeness (QED) is 0.811. The molecule has 0 aliphatic heterocycles. The minimum absolute atomic E-state index is 0.151. The van der Waals surface area contributed by atoms with Gasteiger partial charge in [0.25, 0.3) is 0 Å². The van der Waals surface area contributed by atoms with Crippen molar-refractivity contribution in [1.82, 2.24) is 5.32 Å². The highest BCUT2D eigenvalue weighted by molar-refractivity contribution is 9.10. The van der Waals surface area contributed by atoms with Crippen molar-refractivity contribution < 1.29 is 9.59 Å². The Morgan fingerprint density at radius 2 is 2.19 bits per heavy atom. The fourth-order valence-electron chi connectivity index (χ4n) is 1.02. The largest absolute Gasteiger partial charge is 0.368 e. The summed E-state index contributed by atoms with van der Waals surface area (Å²) < 4.78 is 0.937. The number of hydrogen-bond acceptors (Lipinski definition) is 2. The number of amides is 2. The third kappa shape index (κ3) is 4.75. The van der Waals surface area contributed by atoms with Crippen LogP contribution in [0.15, 0.2) is 34.8 Å². The van der Waals surface area contributed by atoms with E-state index in [0.29, 0.717) is 0 Å². The number of nitrogens with two attached hydrogens (primary N) is 1. The molecule has 0 atom stereocenters. The molecular formula is C11H11BrN2O2. The highest BCUT2D eigenvalue weighted by Gasteiger charge is 1.97. The summed E-state index contributed by atoms with van der Waals surface area (Å²) in [6.45, 7) is -0.151. The first-order chi connectivity index (χ1) is 7.58. The van der Waals surface area contributed by atoms with Crippen molar-refractivity contribution in [3.05, 3.63) is 40.4 Å². The molecule has 0 aromatic heterocycles. The van der Waals surface area contributed by atoms with Crippen LogP contribution in [-0.4, -0.2) is 18.4 Å².